The molecule has 0 aliphatic carbocycles. The van der Waals surface area contributed by atoms with Crippen LogP contribution in [0.25, 0.3) is 0 Å². The Morgan fingerprint density at radius 2 is 1.59 bits per heavy atom. The van der Waals surface area contributed by atoms with Crippen molar-refractivity contribution in [1.29, 1.82) is 0 Å². The molecule has 11 heteroatoms. The van der Waals surface area contributed by atoms with E-state index in [-0.39, 0.29) is 33.1 Å². The van der Waals surface area contributed by atoms with Gasteiger partial charge in [0.25, 0.3) is 10.0 Å². The second-order valence-corrected chi connectivity index (χ2v) is 12.1. The number of carbonyl (C=O) groups is 2. The molecule has 0 aromatic heterocycles. The standard InChI is InChI=1S/C28H30Cl3N3O4S/c1-4-16-32-28(36)20(3)33(17-21-10-12-22(29)13-11-21)26(35)18-34(25-7-5-6-24(30)27(25)31)39(37,38)23-14-8-19(2)9-15-23/h5-15,20H,4,16-18H2,1-3H3,(H,32,36). The third kappa shape index (κ3) is 7.66. The molecule has 2 amide bonds. The fraction of sp³-hybridized carbons (Fsp3) is 0.286. The zero-order chi connectivity index (χ0) is 28.7. The Morgan fingerprint density at radius 1 is 0.949 bits per heavy atom. The predicted octanol–water partition coefficient (Wildman–Crippen LogP) is 6.09. The molecule has 1 unspecified atom stereocenters. The van der Waals surface area contributed by atoms with E-state index >= 15 is 0 Å². The van der Waals surface area contributed by atoms with Crippen molar-refractivity contribution < 1.29 is 18.0 Å². The summed E-state index contributed by atoms with van der Waals surface area (Å²) in [5.74, 6) is -0.955. The van der Waals surface area contributed by atoms with Crippen molar-refractivity contribution in [3.05, 3.63) is 92.9 Å². The van der Waals surface area contributed by atoms with Gasteiger partial charge in [-0.2, -0.15) is 0 Å². The summed E-state index contributed by atoms with van der Waals surface area (Å²) in [5.41, 5.74) is 1.64. The Hall–Kier alpha value is -2.78. The number of hydrogen-bond acceptors (Lipinski definition) is 4. The van der Waals surface area contributed by atoms with Crippen LogP contribution in [0, 0.1) is 6.92 Å². The molecule has 3 aromatic carbocycles. The molecular weight excluding hydrogens is 581 g/mol. The number of nitrogens with zero attached hydrogens (tertiary/aromatic N) is 2. The maximum absolute atomic E-state index is 13.9. The highest BCUT2D eigenvalue weighted by Gasteiger charge is 2.33. The molecule has 0 saturated carbocycles. The first-order valence-corrected chi connectivity index (χ1v) is 14.9. The molecule has 7 nitrogen and oxygen atoms in total. The van der Waals surface area contributed by atoms with Gasteiger partial charge in [-0.05, 0) is 62.2 Å². The van der Waals surface area contributed by atoms with Gasteiger partial charge >= 0.3 is 0 Å². The number of nitrogens with one attached hydrogen (secondary N) is 1. The Bertz CT molecular complexity index is 1410. The number of amides is 2. The first kappa shape index (κ1) is 30.8. The summed E-state index contributed by atoms with van der Waals surface area (Å²) < 4.78 is 28.7. The molecule has 0 heterocycles. The number of rotatable bonds is 11. The monoisotopic (exact) mass is 609 g/mol. The molecule has 39 heavy (non-hydrogen) atoms. The van der Waals surface area contributed by atoms with Gasteiger partial charge in [0.1, 0.15) is 12.6 Å². The zero-order valence-electron chi connectivity index (χ0n) is 21.8. The van der Waals surface area contributed by atoms with Gasteiger partial charge in [0.2, 0.25) is 11.8 Å². The smallest absolute Gasteiger partial charge is 0.264 e. The highest BCUT2D eigenvalue weighted by atomic mass is 35.5. The van der Waals surface area contributed by atoms with E-state index in [1.165, 1.54) is 29.2 Å². The van der Waals surface area contributed by atoms with Crippen LogP contribution in [0.3, 0.4) is 0 Å². The third-order valence-electron chi connectivity index (χ3n) is 6.07. The topological polar surface area (TPSA) is 86.8 Å². The maximum Gasteiger partial charge on any atom is 0.264 e. The number of carbonyl (C=O) groups excluding carboxylic acids is 2. The van der Waals surface area contributed by atoms with E-state index in [1.54, 1.807) is 49.4 Å². The van der Waals surface area contributed by atoms with E-state index in [0.29, 0.717) is 11.6 Å². The molecule has 0 bridgehead atoms. The predicted molar refractivity (Wildman–Crippen MR) is 157 cm³/mol. The number of benzene rings is 3. The van der Waals surface area contributed by atoms with Crippen molar-refractivity contribution in [2.24, 2.45) is 0 Å². The fourth-order valence-electron chi connectivity index (χ4n) is 3.80. The summed E-state index contributed by atoms with van der Waals surface area (Å²) in [6.45, 7) is 5.24. The van der Waals surface area contributed by atoms with Crippen molar-refractivity contribution in [3.63, 3.8) is 0 Å². The molecule has 1 atom stereocenters. The van der Waals surface area contributed by atoms with Crippen LogP contribution in [0.4, 0.5) is 5.69 Å². The summed E-state index contributed by atoms with van der Waals surface area (Å²) in [6, 6.07) is 16.8. The Labute approximate surface area is 244 Å². The lowest BCUT2D eigenvalue weighted by molar-refractivity contribution is -0.139. The van der Waals surface area contributed by atoms with E-state index in [4.69, 9.17) is 34.8 Å². The number of anilines is 1. The second kappa shape index (κ2) is 13.5. The molecule has 0 radical (unpaired) electrons. The van der Waals surface area contributed by atoms with Gasteiger partial charge in [0.15, 0.2) is 0 Å². The van der Waals surface area contributed by atoms with Crippen LogP contribution >= 0.6 is 34.8 Å². The van der Waals surface area contributed by atoms with Gasteiger partial charge < -0.3 is 10.2 Å². The van der Waals surface area contributed by atoms with Gasteiger partial charge in [-0.15, -0.1) is 0 Å². The van der Waals surface area contributed by atoms with Crippen molar-refractivity contribution in [3.8, 4) is 0 Å². The lowest BCUT2D eigenvalue weighted by Crippen LogP contribution is -2.51. The summed E-state index contributed by atoms with van der Waals surface area (Å²) in [4.78, 5) is 28.1. The zero-order valence-corrected chi connectivity index (χ0v) is 24.9. The average Bonchev–Trinajstić information content (AvgIpc) is 2.91. The highest BCUT2D eigenvalue weighted by molar-refractivity contribution is 7.92. The normalized spacial score (nSPS) is 12.1. The number of aryl methyl sites for hydroxylation is 1. The van der Waals surface area contributed by atoms with Crippen LogP contribution in [0.1, 0.15) is 31.4 Å². The summed E-state index contributed by atoms with van der Waals surface area (Å²) in [6.07, 6.45) is 0.722. The lowest BCUT2D eigenvalue weighted by Gasteiger charge is -2.32. The molecule has 0 fully saturated rings. The van der Waals surface area contributed by atoms with Crippen molar-refractivity contribution in [2.45, 2.75) is 44.7 Å². The molecule has 3 rings (SSSR count). The van der Waals surface area contributed by atoms with Crippen LogP contribution in [-0.4, -0.2) is 44.3 Å². The summed E-state index contributed by atoms with van der Waals surface area (Å²) in [5, 5.41) is 3.45. The molecule has 0 aliphatic heterocycles. The van der Waals surface area contributed by atoms with Crippen LogP contribution in [0.15, 0.2) is 71.6 Å². The van der Waals surface area contributed by atoms with E-state index in [2.05, 4.69) is 5.32 Å². The van der Waals surface area contributed by atoms with E-state index in [0.717, 1.165) is 21.9 Å². The first-order chi connectivity index (χ1) is 18.4. The minimum Gasteiger partial charge on any atom is -0.354 e. The van der Waals surface area contributed by atoms with E-state index in [1.807, 2.05) is 13.8 Å². The average molecular weight is 611 g/mol. The highest BCUT2D eigenvalue weighted by Crippen LogP contribution is 2.35. The van der Waals surface area contributed by atoms with Gasteiger partial charge in [-0.3, -0.25) is 13.9 Å². The lowest BCUT2D eigenvalue weighted by atomic mass is 10.1. The summed E-state index contributed by atoms with van der Waals surface area (Å²) >= 11 is 18.7. The van der Waals surface area contributed by atoms with Gasteiger partial charge in [-0.25, -0.2) is 8.42 Å². The summed E-state index contributed by atoms with van der Waals surface area (Å²) in [7, 11) is -4.25. The maximum atomic E-state index is 13.9. The molecule has 208 valence electrons. The minimum atomic E-state index is -4.25. The van der Waals surface area contributed by atoms with Gasteiger partial charge in [0.05, 0.1) is 20.6 Å². The van der Waals surface area contributed by atoms with Crippen molar-refractivity contribution in [1.82, 2.24) is 10.2 Å². The Balaban J connectivity index is 2.05. The third-order valence-corrected chi connectivity index (χ3v) is 8.91. The van der Waals surface area contributed by atoms with Crippen LogP contribution < -0.4 is 9.62 Å². The Morgan fingerprint density at radius 3 is 2.21 bits per heavy atom. The molecule has 1 N–H and O–H groups in total. The van der Waals surface area contributed by atoms with E-state index in [9.17, 15) is 18.0 Å². The molecule has 0 spiro atoms. The molecule has 0 saturated heterocycles. The SMILES string of the molecule is CCCNC(=O)C(C)N(Cc1ccc(Cl)cc1)C(=O)CN(c1cccc(Cl)c1Cl)S(=O)(=O)c1ccc(C)cc1. The van der Waals surface area contributed by atoms with E-state index < -0.39 is 28.5 Å². The largest absolute Gasteiger partial charge is 0.354 e. The fourth-order valence-corrected chi connectivity index (χ4v) is 5.80. The first-order valence-electron chi connectivity index (χ1n) is 12.3. The quantitative estimate of drug-likeness (QED) is 0.285. The van der Waals surface area contributed by atoms with Crippen molar-refractivity contribution >= 4 is 62.3 Å². The van der Waals surface area contributed by atoms with Gasteiger partial charge in [0, 0.05) is 18.1 Å². The number of sulfonamides is 1. The number of hydrogen-bond donors (Lipinski definition) is 1. The molecule has 0 aliphatic rings. The minimum absolute atomic E-state index is 0.0133. The molecule has 3 aromatic rings. The molecular formula is C28H30Cl3N3O4S. The van der Waals surface area contributed by atoms with Crippen LogP contribution in [0.2, 0.25) is 15.1 Å². The van der Waals surface area contributed by atoms with Crippen LogP contribution in [-0.2, 0) is 26.2 Å². The Kier molecular flexibility index (Phi) is 10.7. The van der Waals surface area contributed by atoms with Crippen LogP contribution in [0.5, 0.6) is 0 Å². The number of halogens is 3. The second-order valence-electron chi connectivity index (χ2n) is 9.01. The van der Waals surface area contributed by atoms with Gasteiger partial charge in [-0.1, -0.05) is 77.6 Å². The van der Waals surface area contributed by atoms with Crippen molar-refractivity contribution in [2.75, 3.05) is 17.4 Å².